The quantitative estimate of drug-likeness (QED) is 0.401. The maximum atomic E-state index is 11.7. The Kier molecular flexibility index (Phi) is 6.46. The monoisotopic (exact) mass is 421 g/mol. The van der Waals surface area contributed by atoms with Crippen LogP contribution in [0.15, 0.2) is 66.7 Å². The number of carbonyl (C=O) groups is 2. The van der Waals surface area contributed by atoms with Crippen molar-refractivity contribution in [1.29, 1.82) is 0 Å². The Labute approximate surface area is 177 Å². The Morgan fingerprint density at radius 3 is 1.58 bits per heavy atom. The van der Waals surface area contributed by atoms with E-state index in [1.54, 1.807) is 54.6 Å². The second-order valence-electron chi connectivity index (χ2n) is 6.57. The maximum absolute atomic E-state index is 11.7. The Morgan fingerprint density at radius 1 is 0.774 bits per heavy atom. The predicted octanol–water partition coefficient (Wildman–Crippen LogP) is 2.95. The maximum Gasteiger partial charge on any atom is 0.352 e. The zero-order valence-corrected chi connectivity index (χ0v) is 16.3. The predicted molar refractivity (Wildman–Crippen MR) is 112 cm³/mol. The number of nitro groups is 1. The number of nitro benzene ring substituents is 1. The van der Waals surface area contributed by atoms with E-state index in [9.17, 15) is 19.7 Å². The Balaban J connectivity index is 1.78. The van der Waals surface area contributed by atoms with E-state index >= 15 is 0 Å². The minimum atomic E-state index is -0.593. The molecule has 9 nitrogen and oxygen atoms in total. The fourth-order valence-corrected chi connectivity index (χ4v) is 2.87. The molecule has 4 N–H and O–H groups in total. The van der Waals surface area contributed by atoms with Gasteiger partial charge in [0.25, 0.3) is 0 Å². The van der Waals surface area contributed by atoms with Crippen LogP contribution in [0.4, 0.5) is 5.69 Å². The number of amides is 2. The summed E-state index contributed by atoms with van der Waals surface area (Å²) in [5.74, 6) is -1.14. The molecule has 0 saturated carbocycles. The summed E-state index contributed by atoms with van der Waals surface area (Å²) >= 11 is 0. The highest BCUT2D eigenvalue weighted by Crippen LogP contribution is 2.37. The molecule has 2 amide bonds. The van der Waals surface area contributed by atoms with Crippen LogP contribution in [0, 0.1) is 10.1 Å². The van der Waals surface area contributed by atoms with E-state index in [1.807, 2.05) is 0 Å². The number of ether oxygens (including phenoxy) is 2. The molecule has 158 valence electrons. The second-order valence-corrected chi connectivity index (χ2v) is 6.57. The van der Waals surface area contributed by atoms with Crippen LogP contribution in [0.25, 0.3) is 0 Å². The van der Waals surface area contributed by atoms with Crippen molar-refractivity contribution >= 4 is 17.5 Å². The summed E-state index contributed by atoms with van der Waals surface area (Å²) < 4.78 is 11.3. The molecule has 3 rings (SSSR count). The summed E-state index contributed by atoms with van der Waals surface area (Å²) in [7, 11) is 0. The van der Waals surface area contributed by atoms with Gasteiger partial charge in [-0.2, -0.15) is 0 Å². The molecule has 31 heavy (non-hydrogen) atoms. The fraction of sp³-hybridized carbons (Fsp3) is 0.0909. The molecule has 9 heteroatoms. The first-order chi connectivity index (χ1) is 14.8. The van der Waals surface area contributed by atoms with Crippen LogP contribution in [0.2, 0.25) is 0 Å². The number of para-hydroxylation sites is 1. The smallest absolute Gasteiger partial charge is 0.352 e. The Morgan fingerprint density at radius 2 is 1.19 bits per heavy atom. The first-order valence-corrected chi connectivity index (χ1v) is 9.15. The highest BCUT2D eigenvalue weighted by atomic mass is 16.6. The van der Waals surface area contributed by atoms with Gasteiger partial charge in [0.15, 0.2) is 0 Å². The van der Waals surface area contributed by atoms with E-state index in [0.717, 1.165) is 0 Å². The van der Waals surface area contributed by atoms with E-state index in [1.165, 1.54) is 12.1 Å². The lowest BCUT2D eigenvalue weighted by Crippen LogP contribution is -2.11. The van der Waals surface area contributed by atoms with Crippen LogP contribution in [-0.4, -0.2) is 16.7 Å². The molecule has 0 heterocycles. The second kappa shape index (κ2) is 9.40. The molecule has 3 aromatic rings. The molecule has 0 saturated heterocycles. The molecule has 0 unspecified atom stereocenters. The lowest BCUT2D eigenvalue weighted by Gasteiger charge is -2.11. The van der Waals surface area contributed by atoms with Gasteiger partial charge >= 0.3 is 5.69 Å². The molecule has 0 fully saturated rings. The van der Waals surface area contributed by atoms with Crippen LogP contribution in [0.3, 0.4) is 0 Å². The number of carbonyl (C=O) groups excluding carboxylic acids is 2. The number of hydrogen-bond donors (Lipinski definition) is 2. The van der Waals surface area contributed by atoms with Gasteiger partial charge in [-0.25, -0.2) is 0 Å². The van der Waals surface area contributed by atoms with E-state index in [0.29, 0.717) is 22.3 Å². The molecule has 0 radical (unpaired) electrons. The molecule has 0 aromatic heterocycles. The summed E-state index contributed by atoms with van der Waals surface area (Å²) in [6.07, 6.45) is 0. The summed E-state index contributed by atoms with van der Waals surface area (Å²) in [6.45, 7) is -0.0157. The van der Waals surface area contributed by atoms with Crippen molar-refractivity contribution in [3.63, 3.8) is 0 Å². The first-order valence-electron chi connectivity index (χ1n) is 9.15. The van der Waals surface area contributed by atoms with Crippen molar-refractivity contribution in [3.05, 3.63) is 99.1 Å². The number of nitrogens with zero attached hydrogens (tertiary/aromatic N) is 1. The summed E-state index contributed by atoms with van der Waals surface area (Å²) in [4.78, 5) is 33.7. The minimum absolute atomic E-state index is 0.00787. The first kappa shape index (κ1) is 21.3. The number of hydrogen-bond acceptors (Lipinski definition) is 6. The fourth-order valence-electron chi connectivity index (χ4n) is 2.87. The van der Waals surface area contributed by atoms with Crippen LogP contribution < -0.4 is 20.9 Å². The molecule has 3 aromatic carbocycles. The van der Waals surface area contributed by atoms with Crippen molar-refractivity contribution < 1.29 is 24.0 Å². The number of benzene rings is 3. The van der Waals surface area contributed by atoms with Gasteiger partial charge in [0.05, 0.1) is 4.92 Å². The highest BCUT2D eigenvalue weighted by molar-refractivity contribution is 5.93. The molecular weight excluding hydrogens is 402 g/mol. The number of primary amides is 2. The third-order valence-corrected chi connectivity index (χ3v) is 4.36. The number of nitrogens with two attached hydrogens (primary N) is 2. The van der Waals surface area contributed by atoms with Gasteiger partial charge in [0, 0.05) is 11.1 Å². The van der Waals surface area contributed by atoms with E-state index in [2.05, 4.69) is 0 Å². The SMILES string of the molecule is NC(=O)c1cccc(COc2cccc(OCc3cccc(C(N)=O)c3)c2[N+](=O)[O-])c1. The van der Waals surface area contributed by atoms with Crippen LogP contribution in [-0.2, 0) is 13.2 Å². The van der Waals surface area contributed by atoms with Crippen molar-refractivity contribution in [3.8, 4) is 11.5 Å². The molecule has 0 aliphatic rings. The largest absolute Gasteiger partial charge is 0.482 e. The summed E-state index contributed by atoms with van der Waals surface area (Å²) in [5.41, 5.74) is 12.1. The average Bonchev–Trinajstić information content (AvgIpc) is 2.76. The van der Waals surface area contributed by atoms with Crippen LogP contribution >= 0.6 is 0 Å². The molecule has 0 atom stereocenters. The van der Waals surface area contributed by atoms with E-state index in [-0.39, 0.29) is 30.4 Å². The molecule has 0 aliphatic heterocycles. The van der Waals surface area contributed by atoms with Crippen molar-refractivity contribution in [1.82, 2.24) is 0 Å². The average molecular weight is 421 g/mol. The highest BCUT2D eigenvalue weighted by Gasteiger charge is 2.23. The minimum Gasteiger partial charge on any atom is -0.482 e. The van der Waals surface area contributed by atoms with Gasteiger partial charge in [-0.15, -0.1) is 0 Å². The lowest BCUT2D eigenvalue weighted by molar-refractivity contribution is -0.387. The van der Waals surface area contributed by atoms with Gasteiger partial charge in [-0.3, -0.25) is 19.7 Å². The third kappa shape index (κ3) is 5.36. The summed E-state index contributed by atoms with van der Waals surface area (Å²) in [6, 6.07) is 17.4. The Hall–Kier alpha value is -4.40. The van der Waals surface area contributed by atoms with Gasteiger partial charge < -0.3 is 20.9 Å². The summed E-state index contributed by atoms with van der Waals surface area (Å²) in [5, 5.41) is 11.7. The topological polar surface area (TPSA) is 148 Å². The zero-order valence-electron chi connectivity index (χ0n) is 16.3. The van der Waals surface area contributed by atoms with Crippen molar-refractivity contribution in [2.24, 2.45) is 11.5 Å². The normalized spacial score (nSPS) is 10.3. The van der Waals surface area contributed by atoms with E-state index < -0.39 is 16.7 Å². The van der Waals surface area contributed by atoms with Crippen molar-refractivity contribution in [2.75, 3.05) is 0 Å². The standard InChI is InChI=1S/C22H19N3O6/c23-21(26)16-6-1-4-14(10-16)12-30-18-8-3-9-19(20(18)25(28)29)31-13-15-5-2-7-17(11-15)22(24)27/h1-11H,12-13H2,(H2,23,26)(H2,24,27). The van der Waals surface area contributed by atoms with Crippen LogP contribution in [0.5, 0.6) is 11.5 Å². The van der Waals surface area contributed by atoms with Crippen molar-refractivity contribution in [2.45, 2.75) is 13.2 Å². The van der Waals surface area contributed by atoms with Gasteiger partial charge in [0.1, 0.15) is 13.2 Å². The van der Waals surface area contributed by atoms with Gasteiger partial charge in [-0.1, -0.05) is 30.3 Å². The molecular formula is C22H19N3O6. The van der Waals surface area contributed by atoms with Gasteiger partial charge in [0.2, 0.25) is 23.3 Å². The van der Waals surface area contributed by atoms with Gasteiger partial charge in [-0.05, 0) is 47.5 Å². The molecule has 0 bridgehead atoms. The lowest BCUT2D eigenvalue weighted by atomic mass is 10.1. The third-order valence-electron chi connectivity index (χ3n) is 4.36. The Bertz CT molecular complexity index is 1070. The van der Waals surface area contributed by atoms with E-state index in [4.69, 9.17) is 20.9 Å². The zero-order chi connectivity index (χ0) is 22.4. The molecule has 0 spiro atoms. The molecule has 0 aliphatic carbocycles. The van der Waals surface area contributed by atoms with Crippen LogP contribution in [0.1, 0.15) is 31.8 Å². The number of rotatable bonds is 9.